The van der Waals surface area contributed by atoms with Gasteiger partial charge < -0.3 is 10.1 Å². The van der Waals surface area contributed by atoms with Crippen molar-refractivity contribution in [3.05, 3.63) is 58.6 Å². The predicted octanol–water partition coefficient (Wildman–Crippen LogP) is 3.77. The Morgan fingerprint density at radius 1 is 1.25 bits per heavy atom. The lowest BCUT2D eigenvalue weighted by atomic mass is 9.89. The number of carbonyl (C=O) groups is 1. The number of hydrogen-bond acceptors (Lipinski definition) is 4. The molecule has 6 nitrogen and oxygen atoms in total. The third-order valence-electron chi connectivity index (χ3n) is 4.74. The molecule has 2 aromatic rings. The van der Waals surface area contributed by atoms with E-state index in [-0.39, 0.29) is 22.5 Å². The average molecular weight is 423 g/mol. The summed E-state index contributed by atoms with van der Waals surface area (Å²) >= 11 is 6.29. The van der Waals surface area contributed by atoms with E-state index in [1.165, 1.54) is 19.2 Å². The predicted molar refractivity (Wildman–Crippen MR) is 111 cm³/mol. The summed E-state index contributed by atoms with van der Waals surface area (Å²) in [4.78, 5) is 12.9. The van der Waals surface area contributed by atoms with Gasteiger partial charge in [-0.2, -0.15) is 0 Å². The molecule has 0 aliphatic carbocycles. The summed E-state index contributed by atoms with van der Waals surface area (Å²) in [6.45, 7) is 3.95. The minimum atomic E-state index is -3.41. The van der Waals surface area contributed by atoms with Gasteiger partial charge in [0.2, 0.25) is 10.0 Å². The number of nitrogens with one attached hydrogen (secondary N) is 1. The van der Waals surface area contributed by atoms with Crippen LogP contribution in [-0.2, 0) is 10.0 Å². The number of para-hydroxylation sites is 1. The fraction of sp³-hybridized carbons (Fsp3) is 0.350. The highest BCUT2D eigenvalue weighted by Gasteiger charge is 2.34. The van der Waals surface area contributed by atoms with E-state index in [2.05, 4.69) is 5.32 Å². The van der Waals surface area contributed by atoms with E-state index in [9.17, 15) is 13.2 Å². The summed E-state index contributed by atoms with van der Waals surface area (Å²) in [5, 5.41) is 3.22. The molecule has 8 heteroatoms. The van der Waals surface area contributed by atoms with Gasteiger partial charge in [-0.1, -0.05) is 29.8 Å². The van der Waals surface area contributed by atoms with Gasteiger partial charge in [0.1, 0.15) is 11.4 Å². The van der Waals surface area contributed by atoms with Crippen molar-refractivity contribution >= 4 is 33.2 Å². The summed E-state index contributed by atoms with van der Waals surface area (Å²) in [5.74, 6) is 0.427. The van der Waals surface area contributed by atoms with Gasteiger partial charge in [0, 0.05) is 19.0 Å². The molecule has 2 aromatic carbocycles. The maximum atomic E-state index is 12.9. The van der Waals surface area contributed by atoms with Crippen LogP contribution in [0, 0.1) is 0 Å². The van der Waals surface area contributed by atoms with Crippen molar-refractivity contribution in [2.45, 2.75) is 31.9 Å². The Bertz CT molecular complexity index is 1020. The van der Waals surface area contributed by atoms with Gasteiger partial charge in [-0.15, -0.1) is 0 Å². The van der Waals surface area contributed by atoms with E-state index in [4.69, 9.17) is 16.3 Å². The zero-order valence-corrected chi connectivity index (χ0v) is 17.8. The number of sulfonamides is 1. The molecule has 0 unspecified atom stereocenters. The van der Waals surface area contributed by atoms with Crippen LogP contribution in [0.15, 0.2) is 42.5 Å². The Hall–Kier alpha value is -2.25. The van der Waals surface area contributed by atoms with Gasteiger partial charge in [0.25, 0.3) is 5.91 Å². The first-order valence-corrected chi connectivity index (χ1v) is 11.0. The molecule has 0 aromatic heterocycles. The zero-order chi connectivity index (χ0) is 20.7. The lowest BCUT2D eigenvalue weighted by Crippen LogP contribution is -2.41. The molecule has 1 N–H and O–H groups in total. The van der Waals surface area contributed by atoms with E-state index >= 15 is 0 Å². The van der Waals surface area contributed by atoms with Crippen molar-refractivity contribution in [3.8, 4) is 5.75 Å². The third-order valence-corrected chi connectivity index (χ3v) is 6.26. The molecule has 1 heterocycles. The number of fused-ring (bicyclic) bond motifs is 1. The van der Waals surface area contributed by atoms with Crippen molar-refractivity contribution in [1.29, 1.82) is 0 Å². The van der Waals surface area contributed by atoms with Crippen molar-refractivity contribution in [2.75, 3.05) is 17.6 Å². The number of nitrogens with zero attached hydrogens (tertiary/aromatic N) is 1. The maximum Gasteiger partial charge on any atom is 0.253 e. The number of hydrogen-bond donors (Lipinski definition) is 1. The standard InChI is InChI=1S/C20H23ClN2O4S/c1-20(2)12-17(15-7-5-6-8-18(15)27-20)22-19(24)14-10-9-13(11-16(14)21)23(3)28(4,25)26/h5-11,17H,12H2,1-4H3,(H,22,24)/t17-/m1/s1. The minimum absolute atomic E-state index is 0.185. The van der Waals surface area contributed by atoms with Gasteiger partial charge >= 0.3 is 0 Å². The smallest absolute Gasteiger partial charge is 0.253 e. The Morgan fingerprint density at radius 2 is 1.93 bits per heavy atom. The first-order valence-electron chi connectivity index (χ1n) is 8.80. The van der Waals surface area contributed by atoms with Gasteiger partial charge in [-0.05, 0) is 38.1 Å². The molecule has 150 valence electrons. The quantitative estimate of drug-likeness (QED) is 0.813. The Morgan fingerprint density at radius 3 is 2.57 bits per heavy atom. The number of rotatable bonds is 4. The van der Waals surface area contributed by atoms with E-state index in [0.717, 1.165) is 21.9 Å². The van der Waals surface area contributed by atoms with E-state index in [1.54, 1.807) is 6.07 Å². The van der Waals surface area contributed by atoms with Crippen LogP contribution in [0.5, 0.6) is 5.75 Å². The van der Waals surface area contributed by atoms with Crippen LogP contribution >= 0.6 is 11.6 Å². The molecule has 3 rings (SSSR count). The SMILES string of the molecule is CN(c1ccc(C(=O)N[C@@H]2CC(C)(C)Oc3ccccc32)c(Cl)c1)S(C)(=O)=O. The van der Waals surface area contributed by atoms with Gasteiger partial charge in [-0.25, -0.2) is 8.42 Å². The highest BCUT2D eigenvalue weighted by molar-refractivity contribution is 7.92. The van der Waals surface area contributed by atoms with E-state index < -0.39 is 15.6 Å². The lowest BCUT2D eigenvalue weighted by Gasteiger charge is -2.37. The van der Waals surface area contributed by atoms with Crippen molar-refractivity contribution in [3.63, 3.8) is 0 Å². The second-order valence-electron chi connectivity index (χ2n) is 7.52. The van der Waals surface area contributed by atoms with E-state index in [0.29, 0.717) is 12.1 Å². The van der Waals surface area contributed by atoms with Crippen LogP contribution in [0.2, 0.25) is 5.02 Å². The molecule has 28 heavy (non-hydrogen) atoms. The first-order chi connectivity index (χ1) is 13.0. The number of halogens is 1. The molecule has 0 radical (unpaired) electrons. The summed E-state index contributed by atoms with van der Waals surface area (Å²) in [6, 6.07) is 12.0. The number of ether oxygens (including phenoxy) is 1. The normalized spacial score (nSPS) is 18.0. The monoisotopic (exact) mass is 422 g/mol. The van der Waals surface area contributed by atoms with Crippen molar-refractivity contribution in [1.82, 2.24) is 5.32 Å². The Balaban J connectivity index is 1.86. The summed E-state index contributed by atoms with van der Waals surface area (Å²) in [6.07, 6.45) is 1.72. The molecular weight excluding hydrogens is 400 g/mol. The molecule has 0 fully saturated rings. The maximum absolute atomic E-state index is 12.9. The molecule has 0 bridgehead atoms. The van der Waals surface area contributed by atoms with Gasteiger partial charge in [0.05, 0.1) is 28.6 Å². The average Bonchev–Trinajstić information content (AvgIpc) is 2.59. The number of amides is 1. The molecule has 0 spiro atoms. The van der Waals surface area contributed by atoms with Crippen LogP contribution in [0.25, 0.3) is 0 Å². The van der Waals surface area contributed by atoms with Crippen LogP contribution in [0.1, 0.15) is 42.2 Å². The van der Waals surface area contributed by atoms with Gasteiger partial charge in [0.15, 0.2) is 0 Å². The second kappa shape index (κ2) is 7.29. The van der Waals surface area contributed by atoms with E-state index in [1.807, 2.05) is 38.1 Å². The largest absolute Gasteiger partial charge is 0.487 e. The number of anilines is 1. The molecule has 1 atom stereocenters. The number of carbonyl (C=O) groups excluding carboxylic acids is 1. The fourth-order valence-corrected chi connectivity index (χ4v) is 4.00. The Labute approximate surface area is 170 Å². The summed E-state index contributed by atoms with van der Waals surface area (Å²) in [5.41, 5.74) is 1.17. The molecule has 1 aliphatic heterocycles. The molecule has 1 aliphatic rings. The van der Waals surface area contributed by atoms with Crippen LogP contribution < -0.4 is 14.4 Å². The summed E-state index contributed by atoms with van der Waals surface area (Å²) < 4.78 is 30.5. The molecular formula is C20H23ClN2O4S. The summed E-state index contributed by atoms with van der Waals surface area (Å²) in [7, 11) is -1.98. The van der Waals surface area contributed by atoms with Crippen molar-refractivity contribution < 1.29 is 17.9 Å². The molecule has 1 amide bonds. The lowest BCUT2D eigenvalue weighted by molar-refractivity contribution is 0.0620. The zero-order valence-electron chi connectivity index (χ0n) is 16.2. The minimum Gasteiger partial charge on any atom is -0.487 e. The molecule has 0 saturated heterocycles. The highest BCUT2D eigenvalue weighted by atomic mass is 35.5. The number of benzene rings is 2. The van der Waals surface area contributed by atoms with Crippen LogP contribution in [-0.4, -0.2) is 33.2 Å². The first kappa shape index (κ1) is 20.5. The third kappa shape index (κ3) is 4.25. The fourth-order valence-electron chi connectivity index (χ4n) is 3.24. The van der Waals surface area contributed by atoms with Crippen LogP contribution in [0.3, 0.4) is 0 Å². The second-order valence-corrected chi connectivity index (χ2v) is 9.95. The Kier molecular flexibility index (Phi) is 5.34. The highest BCUT2D eigenvalue weighted by Crippen LogP contribution is 2.39. The molecule has 0 saturated carbocycles. The van der Waals surface area contributed by atoms with Crippen molar-refractivity contribution in [2.24, 2.45) is 0 Å². The van der Waals surface area contributed by atoms with Gasteiger partial charge in [-0.3, -0.25) is 9.10 Å². The topological polar surface area (TPSA) is 75.7 Å². The van der Waals surface area contributed by atoms with Crippen LogP contribution in [0.4, 0.5) is 5.69 Å².